The number of hydrogen-bond acceptors (Lipinski definition) is 3. The molecular formula is C120H110N6O. The van der Waals surface area contributed by atoms with Crippen molar-refractivity contribution in [3.8, 4) is 0 Å². The van der Waals surface area contributed by atoms with E-state index in [0.717, 1.165) is 68.9 Å². The number of aryl methyl sites for hydroxylation is 2. The van der Waals surface area contributed by atoms with E-state index in [1.165, 1.54) is 208 Å². The molecule has 0 aliphatic rings. The molecule has 0 aliphatic heterocycles. The third-order valence-electron chi connectivity index (χ3n) is 30.1. The predicted octanol–water partition coefficient (Wildman–Crippen LogP) is 34.4. The Hall–Kier alpha value is -13.1. The Morgan fingerprint density at radius 3 is 1.06 bits per heavy atom. The minimum Gasteiger partial charge on any atom is -0.454 e. The standard InChI is InChI=1S/C120H110N6O/c1-66(46-47-120(20,21)76-58-93-83-42-40-79(121(77-28-23-22-24-29-77)81-48-67(2)69(4)68(3)49-81)60-103(83)125-108-65-89-98-57-75(119(17,18)19)54-95-87-51-72(116(8,9)10)37-45-101(87)124(113(95)98)106(89)63-91(108)99(59-76)111(93)125)70-34-38-78(39-35-70)122(102-32-27-31-85-84-30-25-26-33-109(84)127-114(85)102)80-41-43-82-92-52-73(117(11,12)13)55-96-90-62-105-88(64-107(90)126(110(92)96)104(82)61-80)97-56-74(118(14,15)16)53-94-86-50-71(115(5,6)7)36-44-100(86)123(105)112(94)97/h22-45,48-66H,46-47H2,1-21H3. The number of fused-ring (bicyclic) bond motifs is 27. The van der Waals surface area contributed by atoms with Crippen LogP contribution < -0.4 is 9.80 Å². The summed E-state index contributed by atoms with van der Waals surface area (Å²) in [7, 11) is 0. The molecule has 9 heterocycles. The van der Waals surface area contributed by atoms with Crippen LogP contribution in [0, 0.1) is 20.8 Å². The van der Waals surface area contributed by atoms with Gasteiger partial charge in [-0.3, -0.25) is 0 Å². The van der Waals surface area contributed by atoms with Crippen molar-refractivity contribution < 1.29 is 4.42 Å². The van der Waals surface area contributed by atoms with Gasteiger partial charge in [-0.1, -0.05) is 210 Å². The Bertz CT molecular complexity index is 8770. The van der Waals surface area contributed by atoms with E-state index in [1.807, 2.05) is 0 Å². The Labute approximate surface area is 742 Å². The molecule has 1 unspecified atom stereocenters. The number of anilines is 6. The smallest absolute Gasteiger partial charge is 0.159 e. The van der Waals surface area contributed by atoms with Gasteiger partial charge in [0.2, 0.25) is 0 Å². The van der Waals surface area contributed by atoms with Crippen LogP contribution in [-0.4, -0.2) is 17.6 Å². The first kappa shape index (κ1) is 77.5. The van der Waals surface area contributed by atoms with Gasteiger partial charge < -0.3 is 31.8 Å². The molecule has 0 fully saturated rings. The van der Waals surface area contributed by atoms with E-state index >= 15 is 0 Å². The second-order valence-corrected chi connectivity index (χ2v) is 43.8. The van der Waals surface area contributed by atoms with E-state index in [9.17, 15) is 0 Å². The molecule has 0 N–H and O–H groups in total. The van der Waals surface area contributed by atoms with Crippen molar-refractivity contribution in [3.05, 3.63) is 310 Å². The quantitative estimate of drug-likeness (QED) is 0.130. The first-order valence-electron chi connectivity index (χ1n) is 46.1. The van der Waals surface area contributed by atoms with Crippen LogP contribution in [0.15, 0.2) is 259 Å². The number of nitrogens with zero attached hydrogens (tertiary/aromatic N) is 6. The van der Waals surface area contributed by atoms with E-state index in [4.69, 9.17) is 4.42 Å². The van der Waals surface area contributed by atoms with Gasteiger partial charge in [0, 0.05) is 125 Å². The number of furan rings is 1. The van der Waals surface area contributed by atoms with Crippen molar-refractivity contribution >= 4 is 208 Å². The summed E-state index contributed by atoms with van der Waals surface area (Å²) in [5.74, 6) is 0.253. The topological polar surface area (TPSA) is 37.3 Å². The molecule has 24 aromatic rings. The third-order valence-corrected chi connectivity index (χ3v) is 30.1. The number of benzene rings is 15. The van der Waals surface area contributed by atoms with E-state index in [-0.39, 0.29) is 38.4 Å². The molecule has 1 atom stereocenters. The highest BCUT2D eigenvalue weighted by atomic mass is 16.3. The Morgan fingerprint density at radius 1 is 0.268 bits per heavy atom. The van der Waals surface area contributed by atoms with Gasteiger partial charge in [-0.15, -0.1) is 0 Å². The van der Waals surface area contributed by atoms with Crippen molar-refractivity contribution in [2.75, 3.05) is 9.80 Å². The number of rotatable bonds is 11. The highest BCUT2D eigenvalue weighted by molar-refractivity contribution is 6.32. The first-order valence-corrected chi connectivity index (χ1v) is 46.1. The summed E-state index contributed by atoms with van der Waals surface area (Å²) in [5.41, 5.74) is 36.3. The van der Waals surface area contributed by atoms with Gasteiger partial charge in [-0.05, 0) is 298 Å². The zero-order valence-electron chi connectivity index (χ0n) is 77.3. The van der Waals surface area contributed by atoms with E-state index < -0.39 is 0 Å². The summed E-state index contributed by atoms with van der Waals surface area (Å²) in [6.45, 7) is 49.5. The Kier molecular flexibility index (Phi) is 15.9. The fourth-order valence-electron chi connectivity index (χ4n) is 22.4. The SMILES string of the molecule is Cc1cc(N(c2ccccc2)c2ccc3c4cc(C(C)(C)CCC(C)c5ccc(N(c6ccc7c8cc(C(C)(C)C)cc9c%10cc%11c(cc%10n(c7c6)c89)c6cc(C(C)(C)C)cc7c8cc(C(C)(C)C)ccc8n%11c76)c6cccc7c6oc6ccccc67)cc5)cc5c6cc7c(cc6n(c3c2)c45)c2cc(C(C)(C)C)cc3c4cc(C(C)(C)C)ccc4n7c32)cc(C)c1C. The van der Waals surface area contributed by atoms with Crippen LogP contribution >= 0.6 is 0 Å². The maximum atomic E-state index is 7.06. The van der Waals surface area contributed by atoms with Crippen LogP contribution in [0.3, 0.4) is 0 Å². The lowest BCUT2D eigenvalue weighted by Crippen LogP contribution is -2.18. The van der Waals surface area contributed by atoms with Crippen molar-refractivity contribution in [2.45, 2.75) is 197 Å². The van der Waals surface area contributed by atoms with Gasteiger partial charge in [0.15, 0.2) is 5.58 Å². The summed E-state index contributed by atoms with van der Waals surface area (Å²) in [6.07, 6.45) is 1.97. The zero-order valence-corrected chi connectivity index (χ0v) is 77.3. The third kappa shape index (κ3) is 11.2. The monoisotopic (exact) mass is 1650 g/mol. The molecular weight excluding hydrogens is 1540 g/mol. The van der Waals surface area contributed by atoms with Gasteiger partial charge in [0.05, 0.1) is 71.9 Å². The average molecular weight is 1650 g/mol. The maximum Gasteiger partial charge on any atom is 0.159 e. The van der Waals surface area contributed by atoms with Gasteiger partial charge in [0.1, 0.15) is 5.58 Å². The van der Waals surface area contributed by atoms with Crippen LogP contribution in [0.1, 0.15) is 199 Å². The van der Waals surface area contributed by atoms with E-state index in [1.54, 1.807) is 0 Å². The molecule has 7 nitrogen and oxygen atoms in total. The van der Waals surface area contributed by atoms with Crippen molar-refractivity contribution in [2.24, 2.45) is 0 Å². The molecule has 127 heavy (non-hydrogen) atoms. The molecule has 0 saturated carbocycles. The largest absolute Gasteiger partial charge is 0.454 e. The minimum atomic E-state index is -0.216. The number of hydrogen-bond donors (Lipinski definition) is 0. The lowest BCUT2D eigenvalue weighted by Gasteiger charge is -2.28. The first-order chi connectivity index (χ1) is 60.5. The van der Waals surface area contributed by atoms with Crippen molar-refractivity contribution in [1.82, 2.24) is 17.6 Å². The van der Waals surface area contributed by atoms with E-state index in [2.05, 4.69) is 428 Å². The molecule has 0 saturated heterocycles. The summed E-state index contributed by atoms with van der Waals surface area (Å²) in [5, 5.41) is 23.0. The molecule has 626 valence electrons. The molecule has 9 aromatic heterocycles. The summed E-state index contributed by atoms with van der Waals surface area (Å²) >= 11 is 0. The second-order valence-electron chi connectivity index (χ2n) is 43.8. The van der Waals surface area contributed by atoms with Gasteiger partial charge >= 0.3 is 0 Å². The number of para-hydroxylation sites is 3. The minimum absolute atomic E-state index is 0.000938. The van der Waals surface area contributed by atoms with E-state index in [0.29, 0.717) is 0 Å². The van der Waals surface area contributed by atoms with Crippen LogP contribution in [0.4, 0.5) is 34.1 Å². The summed E-state index contributed by atoms with van der Waals surface area (Å²) < 4.78 is 17.5. The van der Waals surface area contributed by atoms with Crippen molar-refractivity contribution in [1.29, 1.82) is 0 Å². The lowest BCUT2D eigenvalue weighted by atomic mass is 9.77. The lowest BCUT2D eigenvalue weighted by molar-refractivity contribution is 0.440. The van der Waals surface area contributed by atoms with Crippen molar-refractivity contribution in [3.63, 3.8) is 0 Å². The summed E-state index contributed by atoms with van der Waals surface area (Å²) in [6, 6.07) is 99.9. The fourth-order valence-corrected chi connectivity index (χ4v) is 22.4. The van der Waals surface area contributed by atoms with Crippen LogP contribution in [0.5, 0.6) is 0 Å². The maximum absolute atomic E-state index is 7.06. The van der Waals surface area contributed by atoms with Gasteiger partial charge in [-0.25, -0.2) is 0 Å². The summed E-state index contributed by atoms with van der Waals surface area (Å²) in [4.78, 5) is 4.93. The molecule has 0 amide bonds. The molecule has 0 bridgehead atoms. The normalized spacial score (nSPS) is 13.7. The van der Waals surface area contributed by atoms with Gasteiger partial charge in [-0.2, -0.15) is 0 Å². The Morgan fingerprint density at radius 2 is 0.622 bits per heavy atom. The molecule has 24 rings (SSSR count). The average Bonchev–Trinajstić information content (AvgIpc) is 1.52. The molecule has 15 aromatic carbocycles. The second kappa shape index (κ2) is 26.1. The van der Waals surface area contributed by atoms with Gasteiger partial charge in [0.25, 0.3) is 0 Å². The Balaban J connectivity index is 0.643. The molecule has 0 aliphatic carbocycles. The molecule has 0 spiro atoms. The molecule has 0 radical (unpaired) electrons. The zero-order chi connectivity index (χ0) is 87.6. The predicted molar refractivity (Wildman–Crippen MR) is 547 cm³/mol. The number of aromatic nitrogens is 4. The highest BCUT2D eigenvalue weighted by Crippen LogP contribution is 2.54. The fraction of sp³-hybridized carbons (Fsp3) is 0.250. The van der Waals surface area contributed by atoms with Crippen LogP contribution in [0.25, 0.3) is 174 Å². The van der Waals surface area contributed by atoms with Crippen LogP contribution in [-0.2, 0) is 32.5 Å². The van der Waals surface area contributed by atoms with Crippen LogP contribution in [0.2, 0.25) is 0 Å². The highest BCUT2D eigenvalue weighted by Gasteiger charge is 2.34. The molecule has 7 heteroatoms.